The number of ether oxygens (including phenoxy) is 1. The summed E-state index contributed by atoms with van der Waals surface area (Å²) in [4.78, 5) is 0. The SMILES string of the molecule is F[B-](F)(F)c1ccccc1OCCCC(F)(F)F.[K+]. The molecule has 0 atom stereocenters. The molecule has 1 rings (SSSR count). The van der Waals surface area contributed by atoms with E-state index in [1.807, 2.05) is 0 Å². The average molecular weight is 310 g/mol. The maximum absolute atomic E-state index is 12.5. The van der Waals surface area contributed by atoms with E-state index in [-0.39, 0.29) is 57.8 Å². The fourth-order valence-corrected chi connectivity index (χ4v) is 1.34. The molecule has 0 saturated carbocycles. The molecule has 0 aliphatic heterocycles. The van der Waals surface area contributed by atoms with Crippen molar-refractivity contribution in [2.75, 3.05) is 6.61 Å². The van der Waals surface area contributed by atoms with Crippen molar-refractivity contribution in [3.05, 3.63) is 24.3 Å². The van der Waals surface area contributed by atoms with E-state index < -0.39 is 37.4 Å². The van der Waals surface area contributed by atoms with Crippen molar-refractivity contribution >= 4 is 12.4 Å². The zero-order valence-corrected chi connectivity index (χ0v) is 13.3. The second kappa shape index (κ2) is 7.92. The van der Waals surface area contributed by atoms with Gasteiger partial charge in [0.25, 0.3) is 0 Å². The summed E-state index contributed by atoms with van der Waals surface area (Å²) in [6.07, 6.45) is -5.77. The molecule has 0 aliphatic carbocycles. The number of halogens is 6. The molecule has 0 amide bonds. The van der Waals surface area contributed by atoms with Crippen molar-refractivity contribution in [1.29, 1.82) is 0 Å². The van der Waals surface area contributed by atoms with Gasteiger partial charge in [-0.15, -0.1) is 0 Å². The summed E-state index contributed by atoms with van der Waals surface area (Å²) in [5.74, 6) is -0.424. The van der Waals surface area contributed by atoms with Crippen molar-refractivity contribution in [2.45, 2.75) is 19.0 Å². The Morgan fingerprint density at radius 2 is 1.63 bits per heavy atom. The van der Waals surface area contributed by atoms with Gasteiger partial charge in [0.1, 0.15) is 0 Å². The van der Waals surface area contributed by atoms with Crippen molar-refractivity contribution < 1.29 is 82.2 Å². The van der Waals surface area contributed by atoms with E-state index in [1.165, 1.54) is 12.1 Å². The smallest absolute Gasteiger partial charge is 0.497 e. The summed E-state index contributed by atoms with van der Waals surface area (Å²) in [7, 11) is 0. The number of hydrogen-bond donors (Lipinski definition) is 0. The number of para-hydroxylation sites is 1. The Bertz CT molecular complexity index is 392. The van der Waals surface area contributed by atoms with Gasteiger partial charge < -0.3 is 17.7 Å². The third-order valence-corrected chi connectivity index (χ3v) is 2.13. The number of alkyl halides is 3. The van der Waals surface area contributed by atoms with Crippen LogP contribution in [0.1, 0.15) is 12.8 Å². The number of hydrogen-bond acceptors (Lipinski definition) is 1. The topological polar surface area (TPSA) is 9.23 Å². The number of rotatable bonds is 5. The van der Waals surface area contributed by atoms with Crippen molar-refractivity contribution in [3.8, 4) is 5.75 Å². The molecule has 0 unspecified atom stereocenters. The van der Waals surface area contributed by atoms with Gasteiger partial charge >= 0.3 is 64.5 Å². The van der Waals surface area contributed by atoms with Crippen LogP contribution in [0.15, 0.2) is 24.3 Å². The van der Waals surface area contributed by atoms with Gasteiger partial charge in [0.2, 0.25) is 0 Å². The van der Waals surface area contributed by atoms with Gasteiger partial charge in [-0.25, -0.2) is 0 Å². The molecule has 0 fully saturated rings. The largest absolute Gasteiger partial charge is 1.00 e. The first-order chi connectivity index (χ1) is 8.20. The molecule has 0 radical (unpaired) electrons. The van der Waals surface area contributed by atoms with Crippen molar-refractivity contribution in [3.63, 3.8) is 0 Å². The average Bonchev–Trinajstić information content (AvgIpc) is 2.22. The third kappa shape index (κ3) is 7.60. The Kier molecular flexibility index (Phi) is 8.04. The van der Waals surface area contributed by atoms with Crippen LogP contribution in [-0.2, 0) is 0 Å². The van der Waals surface area contributed by atoms with Gasteiger partial charge in [0, 0.05) is 6.42 Å². The summed E-state index contributed by atoms with van der Waals surface area (Å²) in [6, 6.07) is 4.48. The first-order valence-electron chi connectivity index (χ1n) is 5.18. The molecule has 0 aliphatic rings. The van der Waals surface area contributed by atoms with E-state index in [0.717, 1.165) is 12.1 Å². The third-order valence-electron chi connectivity index (χ3n) is 2.13. The van der Waals surface area contributed by atoms with Crippen LogP contribution < -0.4 is 61.6 Å². The Morgan fingerprint density at radius 3 is 2.16 bits per heavy atom. The molecule has 1 aromatic rings. The van der Waals surface area contributed by atoms with Gasteiger partial charge in [-0.2, -0.15) is 13.2 Å². The minimum atomic E-state index is -5.23. The molecular formula is C10H10BF6KO. The normalized spacial score (nSPS) is 11.9. The van der Waals surface area contributed by atoms with Crippen LogP contribution in [0, 0.1) is 0 Å². The predicted octanol–water partition coefficient (Wildman–Crippen LogP) is 0.466. The van der Waals surface area contributed by atoms with E-state index in [1.54, 1.807) is 0 Å². The van der Waals surface area contributed by atoms with E-state index in [9.17, 15) is 26.1 Å². The van der Waals surface area contributed by atoms with Gasteiger partial charge in [-0.1, -0.05) is 23.7 Å². The summed E-state index contributed by atoms with van der Waals surface area (Å²) in [6.45, 7) is -5.63. The first-order valence-corrected chi connectivity index (χ1v) is 5.18. The maximum atomic E-state index is 12.5. The van der Waals surface area contributed by atoms with Gasteiger partial charge in [0.15, 0.2) is 0 Å². The summed E-state index contributed by atoms with van der Waals surface area (Å²) < 4.78 is 77.9. The second-order valence-electron chi connectivity index (χ2n) is 3.68. The molecule has 19 heavy (non-hydrogen) atoms. The van der Waals surface area contributed by atoms with Crippen LogP contribution >= 0.6 is 0 Å². The zero-order chi connectivity index (χ0) is 13.8. The molecule has 0 N–H and O–H groups in total. The Labute approximate surface area is 149 Å². The van der Waals surface area contributed by atoms with Gasteiger partial charge in [-0.05, 0) is 12.5 Å². The van der Waals surface area contributed by atoms with Gasteiger partial charge in [0.05, 0.1) is 12.4 Å². The molecule has 1 nitrogen and oxygen atoms in total. The fraction of sp³-hybridized carbons (Fsp3) is 0.400. The summed E-state index contributed by atoms with van der Waals surface area (Å²) in [5, 5.41) is 0. The standard InChI is InChI=1S/C10H10BF6O.K/c12-10(13,14)6-3-7-18-9-5-2-1-4-8(9)11(15,16)17;/h1-2,4-5H,3,6-7H2;/q-1;+1. The Balaban J connectivity index is 0.00000324. The van der Waals surface area contributed by atoms with E-state index in [2.05, 4.69) is 0 Å². The van der Waals surface area contributed by atoms with Crippen LogP contribution in [0.2, 0.25) is 0 Å². The van der Waals surface area contributed by atoms with Crippen molar-refractivity contribution in [1.82, 2.24) is 0 Å². The molecule has 0 saturated heterocycles. The van der Waals surface area contributed by atoms with Crippen LogP contribution in [0.25, 0.3) is 0 Å². The van der Waals surface area contributed by atoms with Crippen LogP contribution in [0.5, 0.6) is 5.75 Å². The van der Waals surface area contributed by atoms with Crippen LogP contribution in [0.3, 0.4) is 0 Å². The molecule has 1 aromatic carbocycles. The second-order valence-corrected chi connectivity index (χ2v) is 3.68. The summed E-state index contributed by atoms with van der Waals surface area (Å²) >= 11 is 0. The summed E-state index contributed by atoms with van der Waals surface area (Å²) in [5.41, 5.74) is -0.926. The Hall–Kier alpha value is 0.301. The van der Waals surface area contributed by atoms with Crippen LogP contribution in [0.4, 0.5) is 26.1 Å². The molecule has 0 heterocycles. The predicted molar refractivity (Wildman–Crippen MR) is 55.9 cm³/mol. The fourth-order valence-electron chi connectivity index (χ4n) is 1.34. The number of benzene rings is 1. The molecule has 0 aromatic heterocycles. The molecular weight excluding hydrogens is 300 g/mol. The minimum Gasteiger partial charge on any atom is -0.497 e. The molecule has 0 spiro atoms. The quantitative estimate of drug-likeness (QED) is 0.436. The molecule has 9 heteroatoms. The maximum Gasteiger partial charge on any atom is 1.00 e. The van der Waals surface area contributed by atoms with E-state index in [4.69, 9.17) is 4.74 Å². The minimum absolute atomic E-state index is 0. The Morgan fingerprint density at radius 1 is 1.05 bits per heavy atom. The monoisotopic (exact) mass is 310 g/mol. The molecule has 0 bridgehead atoms. The van der Waals surface area contributed by atoms with E-state index >= 15 is 0 Å². The first kappa shape index (κ1) is 19.3. The molecule has 102 valence electrons. The van der Waals surface area contributed by atoms with E-state index in [0.29, 0.717) is 0 Å². The zero-order valence-electron chi connectivity index (χ0n) is 10.2. The van der Waals surface area contributed by atoms with Crippen molar-refractivity contribution in [2.24, 2.45) is 0 Å². The van der Waals surface area contributed by atoms with Gasteiger partial charge in [-0.3, -0.25) is 0 Å². The van der Waals surface area contributed by atoms with Crippen LogP contribution in [-0.4, -0.2) is 19.8 Å².